The largest absolute Gasteiger partial charge is 0.378 e. The van der Waals surface area contributed by atoms with Gasteiger partial charge in [-0.2, -0.15) is 0 Å². The number of amides is 1. The average molecular weight is 286 g/mol. The van der Waals surface area contributed by atoms with E-state index in [9.17, 15) is 14.3 Å². The fraction of sp³-hybridized carbons (Fsp3) is 0.188. The van der Waals surface area contributed by atoms with E-state index in [1.54, 1.807) is 6.07 Å². The number of nitrogens with zero attached hydrogens (tertiary/aromatic N) is 1. The van der Waals surface area contributed by atoms with Crippen molar-refractivity contribution in [3.05, 3.63) is 53.8 Å². The van der Waals surface area contributed by atoms with Crippen molar-refractivity contribution in [2.45, 2.75) is 13.0 Å². The van der Waals surface area contributed by atoms with E-state index in [1.165, 1.54) is 6.07 Å². The summed E-state index contributed by atoms with van der Waals surface area (Å²) >= 11 is 0. The first-order chi connectivity index (χ1) is 10.1. The molecule has 21 heavy (non-hydrogen) atoms. The molecular formula is C16H15FN2O2. The molecule has 0 aromatic heterocycles. The number of aliphatic hydroxyl groups excluding tert-OH is 1. The summed E-state index contributed by atoms with van der Waals surface area (Å²) < 4.78 is 14.4. The van der Waals surface area contributed by atoms with Crippen LogP contribution in [0, 0.1) is 5.82 Å². The highest BCUT2D eigenvalue weighted by molar-refractivity contribution is 6.02. The number of nitrogens with one attached hydrogen (secondary N) is 1. The maximum atomic E-state index is 14.4. The first kappa shape index (κ1) is 13.6. The lowest BCUT2D eigenvalue weighted by molar-refractivity contribution is -0.123. The highest BCUT2D eigenvalue weighted by Crippen LogP contribution is 2.37. The van der Waals surface area contributed by atoms with Gasteiger partial charge in [-0.25, -0.2) is 4.39 Å². The van der Waals surface area contributed by atoms with E-state index < -0.39 is 17.8 Å². The van der Waals surface area contributed by atoms with Gasteiger partial charge in [0.05, 0.1) is 5.69 Å². The fourth-order valence-electron chi connectivity index (χ4n) is 2.56. The van der Waals surface area contributed by atoms with Gasteiger partial charge in [0.2, 0.25) is 0 Å². The first-order valence-corrected chi connectivity index (χ1v) is 6.76. The molecule has 5 heteroatoms. The monoisotopic (exact) mass is 286 g/mol. The molecule has 2 aromatic carbocycles. The van der Waals surface area contributed by atoms with Crippen LogP contribution >= 0.6 is 0 Å². The van der Waals surface area contributed by atoms with Crippen LogP contribution in [0.15, 0.2) is 42.5 Å². The van der Waals surface area contributed by atoms with Gasteiger partial charge in [-0.15, -0.1) is 0 Å². The maximum absolute atomic E-state index is 14.4. The van der Waals surface area contributed by atoms with Crippen LogP contribution in [0.4, 0.5) is 21.5 Å². The van der Waals surface area contributed by atoms with Crippen LogP contribution in [-0.4, -0.2) is 17.6 Å². The molecule has 1 aliphatic heterocycles. The normalized spacial score (nSPS) is 16.5. The molecule has 1 aliphatic rings. The number of carbonyl (C=O) groups is 1. The van der Waals surface area contributed by atoms with E-state index in [2.05, 4.69) is 5.32 Å². The lowest BCUT2D eigenvalue weighted by Gasteiger charge is -2.24. The van der Waals surface area contributed by atoms with Crippen LogP contribution in [0.1, 0.15) is 18.6 Å². The van der Waals surface area contributed by atoms with Crippen molar-refractivity contribution < 1.29 is 14.3 Å². The van der Waals surface area contributed by atoms with Gasteiger partial charge in [0, 0.05) is 23.5 Å². The molecule has 0 bridgehead atoms. The third kappa shape index (κ3) is 2.25. The highest BCUT2D eigenvalue weighted by Gasteiger charge is 2.30. The van der Waals surface area contributed by atoms with Crippen LogP contribution in [0.3, 0.4) is 0 Å². The Hall–Kier alpha value is -2.40. The van der Waals surface area contributed by atoms with Crippen molar-refractivity contribution >= 4 is 23.0 Å². The molecule has 0 radical (unpaired) electrons. The number of rotatable bonds is 3. The Kier molecular flexibility index (Phi) is 3.35. The number of hydrogen-bond acceptors (Lipinski definition) is 3. The summed E-state index contributed by atoms with van der Waals surface area (Å²) in [6.45, 7) is 2.50. The van der Waals surface area contributed by atoms with E-state index in [1.807, 2.05) is 42.2 Å². The average Bonchev–Trinajstić information content (AvgIpc) is 2.76. The minimum atomic E-state index is -1.30. The zero-order chi connectivity index (χ0) is 15.0. The number of aliphatic hydroxyl groups is 1. The summed E-state index contributed by atoms with van der Waals surface area (Å²) in [5.74, 6) is -0.987. The Labute approximate surface area is 121 Å². The lowest BCUT2D eigenvalue weighted by Crippen LogP contribution is -2.17. The predicted molar refractivity (Wildman–Crippen MR) is 79.1 cm³/mol. The molecule has 1 atom stereocenters. The van der Waals surface area contributed by atoms with Crippen molar-refractivity contribution in [1.29, 1.82) is 0 Å². The molecule has 1 heterocycles. The molecule has 0 aliphatic carbocycles. The molecule has 108 valence electrons. The molecule has 0 saturated carbocycles. The molecule has 4 nitrogen and oxygen atoms in total. The van der Waals surface area contributed by atoms with Crippen LogP contribution in [0.25, 0.3) is 0 Å². The predicted octanol–water partition coefficient (Wildman–Crippen LogP) is 2.97. The number of benzene rings is 2. The van der Waals surface area contributed by atoms with E-state index in [4.69, 9.17) is 0 Å². The van der Waals surface area contributed by atoms with Gasteiger partial charge in [0.25, 0.3) is 5.91 Å². The van der Waals surface area contributed by atoms with Crippen molar-refractivity contribution in [1.82, 2.24) is 0 Å². The smallest absolute Gasteiger partial charge is 0.257 e. The molecule has 1 unspecified atom stereocenters. The van der Waals surface area contributed by atoms with Gasteiger partial charge in [0.15, 0.2) is 6.10 Å². The molecule has 0 saturated heterocycles. The van der Waals surface area contributed by atoms with E-state index in [0.29, 0.717) is 17.9 Å². The number of para-hydroxylation sites is 1. The molecular weight excluding hydrogens is 271 g/mol. The van der Waals surface area contributed by atoms with Gasteiger partial charge in [-0.3, -0.25) is 4.79 Å². The van der Waals surface area contributed by atoms with Gasteiger partial charge >= 0.3 is 0 Å². The summed E-state index contributed by atoms with van der Waals surface area (Å²) in [5.41, 5.74) is 1.98. The Morgan fingerprint density at radius 3 is 2.67 bits per heavy atom. The molecule has 3 rings (SSSR count). The van der Waals surface area contributed by atoms with E-state index in [-0.39, 0.29) is 5.56 Å². The van der Waals surface area contributed by atoms with Crippen molar-refractivity contribution in [3.63, 3.8) is 0 Å². The van der Waals surface area contributed by atoms with E-state index in [0.717, 1.165) is 5.69 Å². The molecule has 2 aromatic rings. The summed E-state index contributed by atoms with van der Waals surface area (Å²) in [6, 6.07) is 12.2. The van der Waals surface area contributed by atoms with Crippen molar-refractivity contribution in [2.24, 2.45) is 0 Å². The minimum absolute atomic E-state index is 0.283. The highest BCUT2D eigenvalue weighted by atomic mass is 19.1. The van der Waals surface area contributed by atoms with Crippen LogP contribution in [0.5, 0.6) is 0 Å². The zero-order valence-corrected chi connectivity index (χ0v) is 11.5. The molecule has 1 amide bonds. The number of carbonyl (C=O) groups excluding carboxylic acids is 1. The summed E-state index contributed by atoms with van der Waals surface area (Å²) in [5, 5.41) is 12.2. The molecule has 2 N–H and O–H groups in total. The third-order valence-corrected chi connectivity index (χ3v) is 3.59. The van der Waals surface area contributed by atoms with Crippen LogP contribution in [-0.2, 0) is 4.79 Å². The lowest BCUT2D eigenvalue weighted by atomic mass is 10.1. The zero-order valence-electron chi connectivity index (χ0n) is 11.5. The van der Waals surface area contributed by atoms with Gasteiger partial charge in [0.1, 0.15) is 5.82 Å². The Balaban J connectivity index is 2.07. The Bertz CT molecular complexity index is 688. The quantitative estimate of drug-likeness (QED) is 0.912. The Morgan fingerprint density at radius 2 is 2.00 bits per heavy atom. The molecule has 0 fully saturated rings. The minimum Gasteiger partial charge on any atom is -0.378 e. The van der Waals surface area contributed by atoms with Crippen molar-refractivity contribution in [2.75, 3.05) is 16.8 Å². The fourth-order valence-corrected chi connectivity index (χ4v) is 2.56. The second-order valence-corrected chi connectivity index (χ2v) is 4.86. The topological polar surface area (TPSA) is 52.6 Å². The van der Waals surface area contributed by atoms with Crippen LogP contribution < -0.4 is 10.2 Å². The SMILES string of the molecule is CCN(c1ccccc1)c1cc2c(cc1F)C(O)C(=O)N2. The second kappa shape index (κ2) is 5.18. The molecule has 0 spiro atoms. The summed E-state index contributed by atoms with van der Waals surface area (Å²) in [6.07, 6.45) is -1.30. The second-order valence-electron chi connectivity index (χ2n) is 4.86. The Morgan fingerprint density at radius 1 is 1.29 bits per heavy atom. The number of halogens is 1. The van der Waals surface area contributed by atoms with Crippen molar-refractivity contribution in [3.8, 4) is 0 Å². The van der Waals surface area contributed by atoms with Gasteiger partial charge in [-0.1, -0.05) is 18.2 Å². The first-order valence-electron chi connectivity index (χ1n) is 6.76. The van der Waals surface area contributed by atoms with Gasteiger partial charge in [-0.05, 0) is 31.2 Å². The summed E-state index contributed by atoms with van der Waals surface area (Å²) in [4.78, 5) is 13.3. The van der Waals surface area contributed by atoms with Gasteiger partial charge < -0.3 is 15.3 Å². The number of fused-ring (bicyclic) bond motifs is 1. The third-order valence-electron chi connectivity index (χ3n) is 3.59. The standard InChI is InChI=1S/C16H15FN2O2/c1-2-19(10-6-4-3-5-7-10)14-9-13-11(8-12(14)17)15(20)16(21)18-13/h3-9,15,20H,2H2,1H3,(H,18,21). The number of anilines is 3. The maximum Gasteiger partial charge on any atom is 0.257 e. The number of hydrogen-bond donors (Lipinski definition) is 2. The van der Waals surface area contributed by atoms with E-state index >= 15 is 0 Å². The van der Waals surface area contributed by atoms with Crippen LogP contribution in [0.2, 0.25) is 0 Å². The summed E-state index contributed by atoms with van der Waals surface area (Å²) in [7, 11) is 0.